The second-order valence-electron chi connectivity index (χ2n) is 3.94. The summed E-state index contributed by atoms with van der Waals surface area (Å²) >= 11 is 3.69. The maximum atomic E-state index is 5.64. The zero-order valence-electron chi connectivity index (χ0n) is 10.8. The molecule has 0 saturated carbocycles. The van der Waals surface area contributed by atoms with Gasteiger partial charge in [-0.05, 0) is 24.3 Å². The predicted octanol–water partition coefficient (Wildman–Crippen LogP) is 4.59. The van der Waals surface area contributed by atoms with Gasteiger partial charge in [0.25, 0.3) is 0 Å². The highest BCUT2D eigenvalue weighted by molar-refractivity contribution is 7.99. The Hall–Kier alpha value is -0.900. The lowest BCUT2D eigenvalue weighted by molar-refractivity contribution is 0.167. The van der Waals surface area contributed by atoms with Gasteiger partial charge in [0.15, 0.2) is 0 Å². The second kappa shape index (κ2) is 9.08. The summed E-state index contributed by atoms with van der Waals surface area (Å²) in [5, 5.41) is 0. The molecule has 0 aliphatic carbocycles. The lowest BCUT2D eigenvalue weighted by atomic mass is 10.4. The molecule has 100 valence electrons. The fourth-order valence-electron chi connectivity index (χ4n) is 1.57. The smallest absolute Gasteiger partial charge is 0.0560 e. The molecular formula is C16H18OS2. The molecule has 2 aromatic rings. The third-order valence-corrected chi connectivity index (χ3v) is 4.43. The third kappa shape index (κ3) is 6.19. The van der Waals surface area contributed by atoms with E-state index in [0.29, 0.717) is 0 Å². The fraction of sp³-hybridized carbons (Fsp3) is 0.250. The van der Waals surface area contributed by atoms with Crippen molar-refractivity contribution in [3.63, 3.8) is 0 Å². The molecule has 19 heavy (non-hydrogen) atoms. The first-order valence-electron chi connectivity index (χ1n) is 6.38. The number of hydrogen-bond donors (Lipinski definition) is 0. The molecule has 2 rings (SSSR count). The molecule has 0 saturated heterocycles. The van der Waals surface area contributed by atoms with Crippen LogP contribution in [0.15, 0.2) is 70.5 Å². The molecule has 0 aliphatic rings. The minimum atomic E-state index is 0.814. The summed E-state index contributed by atoms with van der Waals surface area (Å²) in [6.07, 6.45) is 0. The van der Waals surface area contributed by atoms with Crippen molar-refractivity contribution in [2.24, 2.45) is 0 Å². The third-order valence-electron chi connectivity index (χ3n) is 2.48. The van der Waals surface area contributed by atoms with E-state index >= 15 is 0 Å². The molecule has 3 heteroatoms. The van der Waals surface area contributed by atoms with Gasteiger partial charge in [-0.25, -0.2) is 0 Å². The van der Waals surface area contributed by atoms with E-state index in [9.17, 15) is 0 Å². The van der Waals surface area contributed by atoms with Crippen LogP contribution in [0.1, 0.15) is 0 Å². The van der Waals surface area contributed by atoms with Crippen LogP contribution >= 0.6 is 23.5 Å². The Bertz CT molecular complexity index is 401. The van der Waals surface area contributed by atoms with Gasteiger partial charge in [-0.3, -0.25) is 0 Å². The number of rotatable bonds is 8. The summed E-state index contributed by atoms with van der Waals surface area (Å²) in [6.45, 7) is 1.63. The molecule has 0 aliphatic heterocycles. The molecule has 0 unspecified atom stereocenters. The van der Waals surface area contributed by atoms with E-state index in [-0.39, 0.29) is 0 Å². The molecule has 1 nitrogen and oxygen atoms in total. The van der Waals surface area contributed by atoms with Crippen molar-refractivity contribution in [3.05, 3.63) is 60.7 Å². The van der Waals surface area contributed by atoms with E-state index in [2.05, 4.69) is 48.5 Å². The largest absolute Gasteiger partial charge is 0.380 e. The summed E-state index contributed by atoms with van der Waals surface area (Å²) in [7, 11) is 0. The van der Waals surface area contributed by atoms with Crippen molar-refractivity contribution in [1.82, 2.24) is 0 Å². The van der Waals surface area contributed by atoms with Crippen LogP contribution in [0, 0.1) is 0 Å². The maximum Gasteiger partial charge on any atom is 0.0560 e. The Morgan fingerprint density at radius 1 is 0.632 bits per heavy atom. The van der Waals surface area contributed by atoms with E-state index in [4.69, 9.17) is 4.74 Å². The van der Waals surface area contributed by atoms with Crippen LogP contribution in [0.5, 0.6) is 0 Å². The minimum Gasteiger partial charge on any atom is -0.380 e. The van der Waals surface area contributed by atoms with Crippen molar-refractivity contribution in [2.45, 2.75) is 9.79 Å². The van der Waals surface area contributed by atoms with Gasteiger partial charge in [0.1, 0.15) is 0 Å². The monoisotopic (exact) mass is 290 g/mol. The van der Waals surface area contributed by atoms with E-state index in [1.54, 1.807) is 0 Å². The van der Waals surface area contributed by atoms with Crippen molar-refractivity contribution >= 4 is 23.5 Å². The molecule has 0 atom stereocenters. The first-order chi connectivity index (χ1) is 9.45. The van der Waals surface area contributed by atoms with E-state index in [1.807, 2.05) is 35.7 Å². The number of ether oxygens (including phenoxy) is 1. The van der Waals surface area contributed by atoms with Gasteiger partial charge in [-0.2, -0.15) is 0 Å². The predicted molar refractivity (Wildman–Crippen MR) is 85.2 cm³/mol. The number of thioether (sulfide) groups is 2. The average molecular weight is 290 g/mol. The second-order valence-corrected chi connectivity index (χ2v) is 6.27. The highest BCUT2D eigenvalue weighted by atomic mass is 32.2. The molecule has 0 amide bonds. The zero-order chi connectivity index (χ0) is 13.2. The lowest BCUT2D eigenvalue weighted by Gasteiger charge is -2.04. The molecule has 0 N–H and O–H groups in total. The van der Waals surface area contributed by atoms with Crippen molar-refractivity contribution in [1.29, 1.82) is 0 Å². The van der Waals surface area contributed by atoms with Crippen molar-refractivity contribution in [3.8, 4) is 0 Å². The van der Waals surface area contributed by atoms with Crippen molar-refractivity contribution < 1.29 is 4.74 Å². The Labute approximate surface area is 123 Å². The average Bonchev–Trinajstić information content (AvgIpc) is 2.48. The van der Waals surface area contributed by atoms with Crippen molar-refractivity contribution in [2.75, 3.05) is 24.7 Å². The van der Waals surface area contributed by atoms with Crippen LogP contribution in [-0.2, 0) is 4.74 Å². The van der Waals surface area contributed by atoms with E-state index in [0.717, 1.165) is 24.7 Å². The summed E-state index contributed by atoms with van der Waals surface area (Å²) in [5.74, 6) is 2.03. The molecule has 0 heterocycles. The van der Waals surface area contributed by atoms with Crippen LogP contribution in [0.3, 0.4) is 0 Å². The van der Waals surface area contributed by atoms with Gasteiger partial charge in [0.05, 0.1) is 13.2 Å². The Kier molecular flexibility index (Phi) is 6.93. The molecule has 0 spiro atoms. The van der Waals surface area contributed by atoms with Crippen LogP contribution < -0.4 is 0 Å². The minimum absolute atomic E-state index is 0.814. The van der Waals surface area contributed by atoms with E-state index < -0.39 is 0 Å². The molecular weight excluding hydrogens is 272 g/mol. The van der Waals surface area contributed by atoms with Gasteiger partial charge in [0.2, 0.25) is 0 Å². The number of hydrogen-bond acceptors (Lipinski definition) is 3. The highest BCUT2D eigenvalue weighted by Crippen LogP contribution is 2.17. The first-order valence-corrected chi connectivity index (χ1v) is 8.36. The first kappa shape index (κ1) is 14.5. The molecule has 0 radical (unpaired) electrons. The van der Waals surface area contributed by atoms with Crippen LogP contribution in [0.25, 0.3) is 0 Å². The van der Waals surface area contributed by atoms with Gasteiger partial charge >= 0.3 is 0 Å². The molecule has 2 aromatic carbocycles. The SMILES string of the molecule is c1ccc(SCCOCCSc2ccccc2)cc1. The summed E-state index contributed by atoms with van der Waals surface area (Å²) < 4.78 is 5.64. The molecule has 0 bridgehead atoms. The quantitative estimate of drug-likeness (QED) is 0.520. The van der Waals surface area contributed by atoms with Crippen LogP contribution in [0.4, 0.5) is 0 Å². The van der Waals surface area contributed by atoms with Crippen LogP contribution in [-0.4, -0.2) is 24.7 Å². The van der Waals surface area contributed by atoms with Crippen LogP contribution in [0.2, 0.25) is 0 Å². The highest BCUT2D eigenvalue weighted by Gasteiger charge is 1.95. The zero-order valence-corrected chi connectivity index (χ0v) is 12.5. The van der Waals surface area contributed by atoms with Gasteiger partial charge in [-0.15, -0.1) is 23.5 Å². The Balaban J connectivity index is 1.49. The van der Waals surface area contributed by atoms with E-state index in [1.165, 1.54) is 9.79 Å². The lowest BCUT2D eigenvalue weighted by Crippen LogP contribution is -2.01. The fourth-order valence-corrected chi connectivity index (χ4v) is 3.15. The number of benzene rings is 2. The standard InChI is InChI=1S/C16H18OS2/c1-3-7-15(8-4-1)18-13-11-17-12-14-19-16-9-5-2-6-10-16/h1-10H,11-14H2. The normalized spacial score (nSPS) is 10.5. The molecule has 0 fully saturated rings. The van der Waals surface area contributed by atoms with Gasteiger partial charge in [-0.1, -0.05) is 36.4 Å². The van der Waals surface area contributed by atoms with Gasteiger partial charge < -0.3 is 4.74 Å². The summed E-state index contributed by atoms with van der Waals surface area (Å²) in [5.41, 5.74) is 0. The molecule has 0 aromatic heterocycles. The maximum absolute atomic E-state index is 5.64. The Morgan fingerprint density at radius 3 is 1.47 bits per heavy atom. The Morgan fingerprint density at radius 2 is 1.05 bits per heavy atom. The topological polar surface area (TPSA) is 9.23 Å². The summed E-state index contributed by atoms with van der Waals surface area (Å²) in [6, 6.07) is 20.9. The van der Waals surface area contributed by atoms with Gasteiger partial charge in [0, 0.05) is 21.3 Å². The summed E-state index contributed by atoms with van der Waals surface area (Å²) in [4.78, 5) is 2.62.